The Morgan fingerprint density at radius 3 is 2.19 bits per heavy atom. The summed E-state index contributed by atoms with van der Waals surface area (Å²) in [6.45, 7) is 6.02. The van der Waals surface area contributed by atoms with Gasteiger partial charge in [0.05, 0.1) is 33.2 Å². The summed E-state index contributed by atoms with van der Waals surface area (Å²) >= 11 is 0. The van der Waals surface area contributed by atoms with Gasteiger partial charge in [-0.25, -0.2) is 0 Å². The molecule has 2 bridgehead atoms. The van der Waals surface area contributed by atoms with E-state index < -0.39 is 0 Å². The number of fused-ring (bicyclic) bond motifs is 3. The second-order valence-electron chi connectivity index (χ2n) is 7.48. The average molecular weight is 401 g/mol. The molecule has 3 fully saturated rings. The Hall–Kier alpha value is 0.0649. The third kappa shape index (κ3) is 2.83. The van der Waals surface area contributed by atoms with Gasteiger partial charge < -0.3 is 28.5 Å². The largest absolute Gasteiger partial charge is 1.00 e. The van der Waals surface area contributed by atoms with E-state index in [1.165, 1.54) is 77.5 Å². The van der Waals surface area contributed by atoms with Crippen molar-refractivity contribution >= 4 is 12.8 Å². The smallest absolute Gasteiger partial charge is 0.343 e. The lowest BCUT2D eigenvalue weighted by atomic mass is 9.34. The van der Waals surface area contributed by atoms with Gasteiger partial charge in [-0.1, -0.05) is 38.5 Å². The summed E-state index contributed by atoms with van der Waals surface area (Å²) in [5, 5.41) is 0. The van der Waals surface area contributed by atoms with E-state index in [4.69, 9.17) is 0 Å². The topological polar surface area (TPSA) is 9.49 Å². The van der Waals surface area contributed by atoms with Crippen LogP contribution < -0.4 is 24.0 Å². The van der Waals surface area contributed by atoms with Crippen LogP contribution >= 0.6 is 0 Å². The molecule has 0 unspecified atom stereocenters. The van der Waals surface area contributed by atoms with E-state index in [2.05, 4.69) is 21.3 Å². The van der Waals surface area contributed by atoms with Crippen LogP contribution in [0.3, 0.4) is 0 Å². The average Bonchev–Trinajstić information content (AvgIpc) is 2.46. The molecule has 3 saturated heterocycles. The first-order valence-corrected chi connectivity index (χ1v) is 8.94. The number of rotatable bonds is 1. The highest BCUT2D eigenvalue weighted by Crippen LogP contribution is 2.47. The molecule has 0 aromatic heterocycles. The molecule has 0 aromatic carbocycles. The Labute approximate surface area is 147 Å². The van der Waals surface area contributed by atoms with Crippen LogP contribution in [0.25, 0.3) is 0 Å². The number of guanidine groups is 1. The van der Waals surface area contributed by atoms with Crippen molar-refractivity contribution in [1.82, 2.24) is 9.80 Å². The van der Waals surface area contributed by atoms with Crippen LogP contribution in [0.15, 0.2) is 0 Å². The van der Waals surface area contributed by atoms with E-state index in [-0.39, 0.29) is 24.0 Å². The summed E-state index contributed by atoms with van der Waals surface area (Å²) in [6.07, 6.45) is 11.7. The lowest BCUT2D eigenvalue weighted by Gasteiger charge is -2.44. The van der Waals surface area contributed by atoms with Crippen molar-refractivity contribution in [2.45, 2.75) is 63.0 Å². The molecule has 21 heavy (non-hydrogen) atoms. The van der Waals surface area contributed by atoms with E-state index in [1.54, 1.807) is 5.96 Å². The monoisotopic (exact) mass is 401 g/mol. The fourth-order valence-corrected chi connectivity index (χ4v) is 5.52. The summed E-state index contributed by atoms with van der Waals surface area (Å²) in [5.41, 5.74) is 0. The van der Waals surface area contributed by atoms with E-state index in [0.717, 1.165) is 18.5 Å². The molecule has 0 radical (unpaired) electrons. The molecule has 118 valence electrons. The predicted octanol–water partition coefficient (Wildman–Crippen LogP) is -0.500. The second kappa shape index (κ2) is 6.67. The molecule has 4 aliphatic heterocycles. The molecule has 4 heterocycles. The van der Waals surface area contributed by atoms with Gasteiger partial charge in [0, 0.05) is 12.8 Å². The van der Waals surface area contributed by atoms with Crippen molar-refractivity contribution in [2.24, 2.45) is 0 Å². The highest BCUT2D eigenvalue weighted by molar-refractivity contribution is 6.55. The van der Waals surface area contributed by atoms with Gasteiger partial charge in [-0.05, 0) is 11.6 Å². The molecule has 0 spiro atoms. The zero-order valence-electron chi connectivity index (χ0n) is 13.4. The van der Waals surface area contributed by atoms with E-state index in [9.17, 15) is 0 Å². The van der Waals surface area contributed by atoms with Crippen molar-refractivity contribution in [3.05, 3.63) is 0 Å². The highest BCUT2D eigenvalue weighted by Gasteiger charge is 2.48. The van der Waals surface area contributed by atoms with Crippen molar-refractivity contribution < 1.29 is 28.5 Å². The van der Waals surface area contributed by atoms with E-state index in [1.807, 2.05) is 0 Å². The molecule has 4 aliphatic rings. The molecule has 5 heteroatoms. The second-order valence-corrected chi connectivity index (χ2v) is 7.48. The van der Waals surface area contributed by atoms with E-state index in [0.29, 0.717) is 0 Å². The Balaban J connectivity index is 0.00000132. The molecular formula is C16H29BIN3. The maximum atomic E-state index is 2.86. The Bertz CT molecular complexity index is 392. The number of hydrogen-bond donors (Lipinski definition) is 0. The summed E-state index contributed by atoms with van der Waals surface area (Å²) in [7, 11) is 2.32. The Morgan fingerprint density at radius 1 is 0.905 bits per heavy atom. The van der Waals surface area contributed by atoms with Crippen LogP contribution in [0.1, 0.15) is 51.4 Å². The molecule has 3 nitrogen and oxygen atoms in total. The quantitative estimate of drug-likeness (QED) is 0.433. The van der Waals surface area contributed by atoms with Crippen LogP contribution in [-0.4, -0.2) is 60.3 Å². The number of nitrogens with zero attached hydrogens (tertiary/aromatic N) is 3. The van der Waals surface area contributed by atoms with Crippen LogP contribution in [0.5, 0.6) is 0 Å². The molecular weight excluding hydrogens is 372 g/mol. The lowest BCUT2D eigenvalue weighted by molar-refractivity contribution is -0.420. The van der Waals surface area contributed by atoms with Gasteiger partial charge >= 0.3 is 12.8 Å². The van der Waals surface area contributed by atoms with E-state index >= 15 is 0 Å². The Morgan fingerprint density at radius 2 is 1.52 bits per heavy atom. The van der Waals surface area contributed by atoms with Crippen LogP contribution in [-0.2, 0) is 0 Å². The van der Waals surface area contributed by atoms with Gasteiger partial charge in [0.25, 0.3) is 0 Å². The zero-order valence-corrected chi connectivity index (χ0v) is 15.6. The lowest BCUT2D eigenvalue weighted by Crippen LogP contribution is -3.00. The predicted molar refractivity (Wildman–Crippen MR) is 84.5 cm³/mol. The number of halogens is 1. The van der Waals surface area contributed by atoms with Gasteiger partial charge in [-0.3, -0.25) is 9.80 Å². The van der Waals surface area contributed by atoms with Gasteiger partial charge in [0.2, 0.25) is 0 Å². The first-order chi connectivity index (χ1) is 9.84. The van der Waals surface area contributed by atoms with Gasteiger partial charge in [0.15, 0.2) is 0 Å². The summed E-state index contributed by atoms with van der Waals surface area (Å²) in [6, 6.07) is 0. The molecule has 0 amide bonds. The standard InChI is InChI=1S/C16H29BN3.HI/c1-18-10-4-11-19-12-5-13-20(16(18)19)17-14-6-2-7-15(17)9-3-8-14;/h14-15H,2-13H2,1H3;1H/q+1;/p-1. The molecule has 0 N–H and O–H groups in total. The first kappa shape index (κ1) is 15.9. The minimum Gasteiger partial charge on any atom is -1.00 e. The van der Waals surface area contributed by atoms with Crippen molar-refractivity contribution in [2.75, 3.05) is 33.2 Å². The minimum atomic E-state index is 0. The molecule has 0 atom stereocenters. The van der Waals surface area contributed by atoms with Crippen molar-refractivity contribution in [1.29, 1.82) is 0 Å². The third-order valence-corrected chi connectivity index (χ3v) is 6.26. The zero-order chi connectivity index (χ0) is 13.5. The molecule has 4 rings (SSSR count). The van der Waals surface area contributed by atoms with Crippen LogP contribution in [0.4, 0.5) is 0 Å². The molecule has 0 saturated carbocycles. The molecule has 0 aromatic rings. The van der Waals surface area contributed by atoms with Crippen molar-refractivity contribution in [3.8, 4) is 0 Å². The summed E-state index contributed by atoms with van der Waals surface area (Å²) in [5.74, 6) is 3.57. The summed E-state index contributed by atoms with van der Waals surface area (Å²) in [4.78, 5) is 5.23. The highest BCUT2D eigenvalue weighted by atomic mass is 127. The molecule has 0 aliphatic carbocycles. The SMILES string of the molecule is CN1CCCN2CCC[N+](B3C4CCCC3CCC4)=C12.[I-]. The normalized spacial score (nSPS) is 32.7. The van der Waals surface area contributed by atoms with Gasteiger partial charge in [-0.2, -0.15) is 0 Å². The Kier molecular flexibility index (Phi) is 5.06. The fraction of sp³-hybridized carbons (Fsp3) is 0.938. The third-order valence-electron chi connectivity index (χ3n) is 6.26. The van der Waals surface area contributed by atoms with Crippen molar-refractivity contribution in [3.63, 3.8) is 0 Å². The first-order valence-electron chi connectivity index (χ1n) is 8.94. The van der Waals surface area contributed by atoms with Gasteiger partial charge in [-0.15, -0.1) is 0 Å². The fourth-order valence-electron chi connectivity index (χ4n) is 5.52. The number of hydrogen-bond acceptors (Lipinski definition) is 2. The maximum Gasteiger partial charge on any atom is 0.343 e. The summed E-state index contributed by atoms with van der Waals surface area (Å²) < 4.78 is 2.86. The van der Waals surface area contributed by atoms with Gasteiger partial charge in [0.1, 0.15) is 0 Å². The maximum absolute atomic E-state index is 2.86. The van der Waals surface area contributed by atoms with Crippen LogP contribution in [0.2, 0.25) is 11.6 Å². The minimum absolute atomic E-state index is 0. The van der Waals surface area contributed by atoms with Crippen LogP contribution in [0, 0.1) is 0 Å².